The molecule has 152 valence electrons. The van der Waals surface area contributed by atoms with Gasteiger partial charge in [0.1, 0.15) is 5.82 Å². The number of hydrogen-bond donors (Lipinski definition) is 4. The van der Waals surface area contributed by atoms with Crippen LogP contribution < -0.4 is 16.0 Å². The van der Waals surface area contributed by atoms with Crippen molar-refractivity contribution in [3.8, 4) is 0 Å². The SMILES string of the molecule is CC(=O)NC1CCC(Nc2nc(NC(C)C)c3cc([C@@H](C)O)ncc3n2)CC1. The number of fused-ring (bicyclic) bond motifs is 1. The number of nitrogens with one attached hydrogen (secondary N) is 3. The highest BCUT2D eigenvalue weighted by atomic mass is 16.3. The zero-order valence-corrected chi connectivity index (χ0v) is 17.0. The lowest BCUT2D eigenvalue weighted by Crippen LogP contribution is -2.39. The molecule has 2 aromatic heterocycles. The number of carbonyl (C=O) groups excluding carboxylic acids is 1. The zero-order chi connectivity index (χ0) is 20.3. The highest BCUT2D eigenvalue weighted by Crippen LogP contribution is 2.27. The average molecular weight is 387 g/mol. The normalized spacial score (nSPS) is 20.8. The van der Waals surface area contributed by atoms with Crippen LogP contribution in [-0.2, 0) is 4.79 Å². The summed E-state index contributed by atoms with van der Waals surface area (Å²) in [6, 6.07) is 2.59. The van der Waals surface area contributed by atoms with Gasteiger partial charge in [-0.1, -0.05) is 0 Å². The minimum Gasteiger partial charge on any atom is -0.387 e. The predicted octanol–water partition coefficient (Wildman–Crippen LogP) is 2.76. The molecule has 0 aliphatic heterocycles. The number of aliphatic hydroxyl groups excluding tert-OH is 1. The number of aromatic nitrogens is 3. The van der Waals surface area contributed by atoms with Gasteiger partial charge in [-0.05, 0) is 52.5 Å². The molecule has 0 bridgehead atoms. The van der Waals surface area contributed by atoms with Crippen LogP contribution in [0.25, 0.3) is 10.9 Å². The van der Waals surface area contributed by atoms with E-state index in [4.69, 9.17) is 4.98 Å². The van der Waals surface area contributed by atoms with Crippen molar-refractivity contribution in [3.63, 3.8) is 0 Å². The minimum absolute atomic E-state index is 0.0303. The van der Waals surface area contributed by atoms with Gasteiger partial charge in [0.25, 0.3) is 0 Å². The number of aliphatic hydroxyl groups is 1. The Bertz CT molecular complexity index is 831. The van der Waals surface area contributed by atoms with E-state index in [-0.39, 0.29) is 24.0 Å². The van der Waals surface area contributed by atoms with Crippen molar-refractivity contribution >= 4 is 28.6 Å². The van der Waals surface area contributed by atoms with E-state index in [1.165, 1.54) is 0 Å². The van der Waals surface area contributed by atoms with Gasteiger partial charge in [0.2, 0.25) is 11.9 Å². The molecule has 0 unspecified atom stereocenters. The summed E-state index contributed by atoms with van der Waals surface area (Å²) in [4.78, 5) is 24.9. The Balaban J connectivity index is 1.80. The third-order valence-corrected chi connectivity index (χ3v) is 4.92. The summed E-state index contributed by atoms with van der Waals surface area (Å²) in [6.07, 6.45) is 4.84. The molecule has 4 N–H and O–H groups in total. The highest BCUT2D eigenvalue weighted by molar-refractivity contribution is 5.90. The molecule has 1 atom stereocenters. The first-order valence-corrected chi connectivity index (χ1v) is 9.97. The van der Waals surface area contributed by atoms with E-state index in [1.54, 1.807) is 20.0 Å². The second-order valence-electron chi connectivity index (χ2n) is 7.89. The lowest BCUT2D eigenvalue weighted by Gasteiger charge is -2.29. The van der Waals surface area contributed by atoms with Crippen LogP contribution in [-0.4, -0.2) is 44.1 Å². The van der Waals surface area contributed by atoms with Crippen molar-refractivity contribution in [1.82, 2.24) is 20.3 Å². The molecule has 3 rings (SSSR count). The van der Waals surface area contributed by atoms with Gasteiger partial charge in [-0.2, -0.15) is 4.98 Å². The Kier molecular flexibility index (Phi) is 6.28. The first-order valence-electron chi connectivity index (χ1n) is 9.97. The first kappa shape index (κ1) is 20.3. The molecule has 0 aromatic carbocycles. The van der Waals surface area contributed by atoms with E-state index < -0.39 is 6.10 Å². The number of amides is 1. The fourth-order valence-corrected chi connectivity index (χ4v) is 3.58. The van der Waals surface area contributed by atoms with Crippen LogP contribution in [0.15, 0.2) is 12.3 Å². The summed E-state index contributed by atoms with van der Waals surface area (Å²) in [5.41, 5.74) is 1.33. The molecule has 28 heavy (non-hydrogen) atoms. The molecule has 2 aromatic rings. The van der Waals surface area contributed by atoms with Crippen LogP contribution in [0.2, 0.25) is 0 Å². The van der Waals surface area contributed by atoms with E-state index >= 15 is 0 Å². The molecule has 0 spiro atoms. The van der Waals surface area contributed by atoms with Crippen LogP contribution in [0.3, 0.4) is 0 Å². The van der Waals surface area contributed by atoms with Crippen LogP contribution in [0.5, 0.6) is 0 Å². The van der Waals surface area contributed by atoms with E-state index in [1.807, 2.05) is 6.07 Å². The molecule has 0 saturated heterocycles. The molecular formula is C20H30N6O2. The molecule has 1 aliphatic rings. The van der Waals surface area contributed by atoms with Crippen molar-refractivity contribution in [3.05, 3.63) is 18.0 Å². The molecule has 1 fully saturated rings. The summed E-state index contributed by atoms with van der Waals surface area (Å²) >= 11 is 0. The lowest BCUT2D eigenvalue weighted by molar-refractivity contribution is -0.119. The fourth-order valence-electron chi connectivity index (χ4n) is 3.58. The van der Waals surface area contributed by atoms with Gasteiger partial charge in [0, 0.05) is 30.4 Å². The maximum atomic E-state index is 11.2. The second kappa shape index (κ2) is 8.68. The van der Waals surface area contributed by atoms with Gasteiger partial charge in [0.15, 0.2) is 0 Å². The third kappa shape index (κ3) is 5.07. The molecule has 8 heteroatoms. The highest BCUT2D eigenvalue weighted by Gasteiger charge is 2.22. The average Bonchev–Trinajstić information content (AvgIpc) is 2.62. The van der Waals surface area contributed by atoms with E-state index in [2.05, 4.69) is 39.8 Å². The van der Waals surface area contributed by atoms with E-state index in [0.717, 1.165) is 42.4 Å². The Labute approximate surface area is 165 Å². The summed E-state index contributed by atoms with van der Waals surface area (Å²) in [7, 11) is 0. The smallest absolute Gasteiger partial charge is 0.225 e. The van der Waals surface area contributed by atoms with Crippen LogP contribution in [0.1, 0.15) is 65.2 Å². The Morgan fingerprint density at radius 2 is 1.82 bits per heavy atom. The minimum atomic E-state index is -0.645. The molecule has 0 radical (unpaired) electrons. The topological polar surface area (TPSA) is 112 Å². The van der Waals surface area contributed by atoms with Crippen molar-refractivity contribution in [2.24, 2.45) is 0 Å². The summed E-state index contributed by atoms with van der Waals surface area (Å²) in [6.45, 7) is 7.37. The van der Waals surface area contributed by atoms with Gasteiger partial charge in [-0.3, -0.25) is 9.78 Å². The molecule has 1 saturated carbocycles. The van der Waals surface area contributed by atoms with Gasteiger partial charge in [0.05, 0.1) is 23.5 Å². The Morgan fingerprint density at radius 3 is 2.43 bits per heavy atom. The van der Waals surface area contributed by atoms with Gasteiger partial charge in [-0.15, -0.1) is 0 Å². The summed E-state index contributed by atoms with van der Waals surface area (Å²) in [5.74, 6) is 1.34. The number of nitrogens with zero attached hydrogens (tertiary/aromatic N) is 3. The van der Waals surface area contributed by atoms with Crippen molar-refractivity contribution < 1.29 is 9.90 Å². The van der Waals surface area contributed by atoms with Gasteiger partial charge < -0.3 is 21.1 Å². The summed E-state index contributed by atoms with van der Waals surface area (Å²) < 4.78 is 0. The monoisotopic (exact) mass is 386 g/mol. The van der Waals surface area contributed by atoms with Crippen molar-refractivity contribution in [2.45, 2.75) is 77.6 Å². The van der Waals surface area contributed by atoms with E-state index in [9.17, 15) is 9.90 Å². The van der Waals surface area contributed by atoms with Crippen LogP contribution in [0.4, 0.5) is 11.8 Å². The standard InChI is InChI=1S/C20H30N6O2/c1-11(2)22-19-16-9-17(12(3)27)21-10-18(16)25-20(26-19)24-15-7-5-14(6-8-15)23-13(4)28/h9-12,14-15,27H,5-8H2,1-4H3,(H,23,28)(H2,22,24,25,26)/t12-,14?,15?/m1/s1. The van der Waals surface area contributed by atoms with Crippen LogP contribution >= 0.6 is 0 Å². The first-order chi connectivity index (χ1) is 13.3. The Morgan fingerprint density at radius 1 is 1.14 bits per heavy atom. The third-order valence-electron chi connectivity index (χ3n) is 4.92. The number of pyridine rings is 1. The number of hydrogen-bond acceptors (Lipinski definition) is 7. The molecule has 1 amide bonds. The van der Waals surface area contributed by atoms with Crippen molar-refractivity contribution in [1.29, 1.82) is 0 Å². The molecular weight excluding hydrogens is 356 g/mol. The van der Waals surface area contributed by atoms with E-state index in [0.29, 0.717) is 11.6 Å². The number of anilines is 2. The maximum Gasteiger partial charge on any atom is 0.225 e. The van der Waals surface area contributed by atoms with Gasteiger partial charge in [-0.25, -0.2) is 4.98 Å². The van der Waals surface area contributed by atoms with Crippen molar-refractivity contribution in [2.75, 3.05) is 10.6 Å². The quantitative estimate of drug-likeness (QED) is 0.604. The molecule has 1 aliphatic carbocycles. The zero-order valence-electron chi connectivity index (χ0n) is 17.0. The maximum absolute atomic E-state index is 11.2. The summed E-state index contributed by atoms with van der Waals surface area (Å²) in [5, 5.41) is 20.5. The predicted molar refractivity (Wildman–Crippen MR) is 110 cm³/mol. The van der Waals surface area contributed by atoms with Gasteiger partial charge >= 0.3 is 0 Å². The number of carbonyl (C=O) groups is 1. The molecule has 2 heterocycles. The van der Waals surface area contributed by atoms with Crippen LogP contribution in [0, 0.1) is 0 Å². The molecule has 8 nitrogen and oxygen atoms in total. The lowest BCUT2D eigenvalue weighted by atomic mass is 9.91. The fraction of sp³-hybridized carbons (Fsp3) is 0.600. The largest absolute Gasteiger partial charge is 0.387 e. The number of rotatable bonds is 6. The Hall–Kier alpha value is -2.48. The second-order valence-corrected chi connectivity index (χ2v) is 7.89.